The topological polar surface area (TPSA) is 59.6 Å². The van der Waals surface area contributed by atoms with Crippen LogP contribution in [-0.4, -0.2) is 19.6 Å². The maximum absolute atomic E-state index is 13.4. The highest BCUT2D eigenvalue weighted by molar-refractivity contribution is 14.0. The number of para-hydroxylation sites is 2. The number of guanidine groups is 1. The lowest BCUT2D eigenvalue weighted by atomic mass is 9.85. The molecule has 0 fully saturated rings. The zero-order valence-corrected chi connectivity index (χ0v) is 16.4. The number of nitrogens with zero attached hydrogens (tertiary/aromatic N) is 1. The zero-order valence-electron chi connectivity index (χ0n) is 14.0. The number of aliphatic imine (C=N–C) groups is 1. The Morgan fingerprint density at radius 1 is 1.21 bits per heavy atom. The summed E-state index contributed by atoms with van der Waals surface area (Å²) in [5.41, 5.74) is 7.26. The Balaban J connectivity index is 0.00000288. The number of anilines is 1. The van der Waals surface area contributed by atoms with E-state index < -0.39 is 0 Å². The van der Waals surface area contributed by atoms with Gasteiger partial charge in [-0.1, -0.05) is 38.1 Å². The maximum atomic E-state index is 13.4. The quantitative estimate of drug-likeness (QED) is 0.415. The summed E-state index contributed by atoms with van der Waals surface area (Å²) in [6.45, 7) is 4.44. The Hall–Kier alpha value is -1.83. The summed E-state index contributed by atoms with van der Waals surface area (Å²) in [4.78, 5) is 4.38. The van der Waals surface area contributed by atoms with Gasteiger partial charge in [-0.3, -0.25) is 4.99 Å². The Labute approximate surface area is 159 Å². The fraction of sp³-hybridized carbons (Fsp3) is 0.278. The number of nitrogens with one attached hydrogen (secondary N) is 1. The molecular weight excluding hydrogens is 420 g/mol. The van der Waals surface area contributed by atoms with Gasteiger partial charge in [-0.15, -0.1) is 24.0 Å². The smallest absolute Gasteiger partial charge is 0.193 e. The van der Waals surface area contributed by atoms with Gasteiger partial charge in [0.2, 0.25) is 0 Å². The number of rotatable bonds is 5. The van der Waals surface area contributed by atoms with Crippen LogP contribution in [0.2, 0.25) is 0 Å². The second-order valence-electron chi connectivity index (χ2n) is 5.92. The number of nitrogens with two attached hydrogens (primary N) is 1. The molecule has 0 aliphatic heterocycles. The van der Waals surface area contributed by atoms with Crippen LogP contribution in [0.5, 0.6) is 5.75 Å². The van der Waals surface area contributed by atoms with Gasteiger partial charge < -0.3 is 15.8 Å². The van der Waals surface area contributed by atoms with Crippen LogP contribution in [0.15, 0.2) is 53.5 Å². The van der Waals surface area contributed by atoms with Crippen LogP contribution in [0, 0.1) is 5.82 Å². The van der Waals surface area contributed by atoms with Crippen LogP contribution in [0.1, 0.15) is 19.4 Å². The first-order valence-corrected chi connectivity index (χ1v) is 7.38. The molecule has 0 aliphatic rings. The molecule has 0 unspecified atom stereocenters. The number of hydrogen-bond donors (Lipinski definition) is 2. The molecule has 0 spiro atoms. The van der Waals surface area contributed by atoms with Crippen molar-refractivity contribution in [3.8, 4) is 5.75 Å². The average Bonchev–Trinajstić information content (AvgIpc) is 2.53. The van der Waals surface area contributed by atoms with E-state index in [4.69, 9.17) is 10.5 Å². The van der Waals surface area contributed by atoms with Crippen molar-refractivity contribution in [3.05, 3.63) is 59.9 Å². The summed E-state index contributed by atoms with van der Waals surface area (Å²) in [6.07, 6.45) is 0. The Morgan fingerprint density at radius 2 is 1.92 bits per heavy atom. The molecule has 0 heterocycles. The third-order valence-corrected chi connectivity index (χ3v) is 3.62. The largest absolute Gasteiger partial charge is 0.495 e. The fourth-order valence-corrected chi connectivity index (χ4v) is 2.21. The summed E-state index contributed by atoms with van der Waals surface area (Å²) in [6, 6.07) is 14.0. The molecule has 6 heteroatoms. The monoisotopic (exact) mass is 443 g/mol. The highest BCUT2D eigenvalue weighted by Gasteiger charge is 2.20. The Morgan fingerprint density at radius 3 is 2.58 bits per heavy atom. The van der Waals surface area contributed by atoms with E-state index in [0.717, 1.165) is 11.3 Å². The summed E-state index contributed by atoms with van der Waals surface area (Å²) >= 11 is 0. The summed E-state index contributed by atoms with van der Waals surface area (Å²) in [7, 11) is 1.60. The lowest BCUT2D eigenvalue weighted by molar-refractivity contribution is 0.417. The van der Waals surface area contributed by atoms with Crippen molar-refractivity contribution >= 4 is 35.6 Å². The minimum Gasteiger partial charge on any atom is -0.495 e. The zero-order chi connectivity index (χ0) is 16.9. The minimum atomic E-state index is -0.324. The van der Waals surface area contributed by atoms with E-state index in [2.05, 4.69) is 10.3 Å². The van der Waals surface area contributed by atoms with Gasteiger partial charge in [-0.2, -0.15) is 0 Å². The van der Waals surface area contributed by atoms with E-state index >= 15 is 0 Å². The summed E-state index contributed by atoms with van der Waals surface area (Å²) in [5, 5.41) is 3.03. The summed E-state index contributed by atoms with van der Waals surface area (Å²) in [5.74, 6) is 0.730. The molecule has 24 heavy (non-hydrogen) atoms. The third-order valence-electron chi connectivity index (χ3n) is 3.62. The predicted molar refractivity (Wildman–Crippen MR) is 108 cm³/mol. The molecule has 3 N–H and O–H groups in total. The molecule has 130 valence electrons. The predicted octanol–water partition coefficient (Wildman–Crippen LogP) is 4.16. The van der Waals surface area contributed by atoms with Crippen LogP contribution in [0.4, 0.5) is 10.1 Å². The Bertz CT molecular complexity index is 704. The lowest BCUT2D eigenvalue weighted by Crippen LogP contribution is -2.28. The second-order valence-corrected chi connectivity index (χ2v) is 5.92. The van der Waals surface area contributed by atoms with E-state index in [1.807, 2.05) is 44.2 Å². The van der Waals surface area contributed by atoms with Gasteiger partial charge in [0.1, 0.15) is 11.6 Å². The summed E-state index contributed by atoms with van der Waals surface area (Å²) < 4.78 is 18.6. The van der Waals surface area contributed by atoms with Crippen LogP contribution in [-0.2, 0) is 5.41 Å². The SMILES string of the molecule is COc1ccccc1NC(N)=NCC(C)(C)c1cccc(F)c1.I. The number of methoxy groups -OCH3 is 1. The van der Waals surface area contributed by atoms with E-state index in [9.17, 15) is 4.39 Å². The molecule has 0 radical (unpaired) electrons. The second kappa shape index (κ2) is 8.86. The normalized spacial score (nSPS) is 11.6. The standard InChI is InChI=1S/C18H22FN3O.HI/c1-18(2,13-7-6-8-14(19)11-13)12-21-17(20)22-15-9-4-5-10-16(15)23-3;/h4-11H,12H2,1-3H3,(H3,20,21,22);1H. The van der Waals surface area contributed by atoms with Gasteiger partial charge in [0.25, 0.3) is 0 Å². The van der Waals surface area contributed by atoms with Crippen molar-refractivity contribution in [2.45, 2.75) is 19.3 Å². The van der Waals surface area contributed by atoms with Crippen molar-refractivity contribution in [1.29, 1.82) is 0 Å². The first kappa shape index (κ1) is 20.2. The van der Waals surface area contributed by atoms with Crippen LogP contribution in [0.25, 0.3) is 0 Å². The molecule has 0 aromatic heterocycles. The minimum absolute atomic E-state index is 0. The fourth-order valence-electron chi connectivity index (χ4n) is 2.21. The third kappa shape index (κ3) is 5.36. The van der Waals surface area contributed by atoms with Gasteiger partial charge in [0.05, 0.1) is 19.3 Å². The molecule has 0 saturated heterocycles. The van der Waals surface area contributed by atoms with Gasteiger partial charge in [0, 0.05) is 5.41 Å². The van der Waals surface area contributed by atoms with Crippen molar-refractivity contribution in [2.75, 3.05) is 19.0 Å². The molecule has 2 rings (SSSR count). The van der Waals surface area contributed by atoms with Crippen LogP contribution < -0.4 is 15.8 Å². The van der Waals surface area contributed by atoms with Crippen LogP contribution in [0.3, 0.4) is 0 Å². The molecule has 0 amide bonds. The first-order chi connectivity index (χ1) is 10.9. The highest BCUT2D eigenvalue weighted by atomic mass is 127. The molecule has 0 aliphatic carbocycles. The molecule has 4 nitrogen and oxygen atoms in total. The van der Waals surface area contributed by atoms with E-state index in [1.165, 1.54) is 12.1 Å². The molecule has 0 bridgehead atoms. The number of halogens is 2. The van der Waals surface area contributed by atoms with Gasteiger partial charge in [-0.25, -0.2) is 4.39 Å². The first-order valence-electron chi connectivity index (χ1n) is 7.38. The molecule has 2 aromatic rings. The van der Waals surface area contributed by atoms with E-state index in [-0.39, 0.29) is 35.2 Å². The van der Waals surface area contributed by atoms with Crippen molar-refractivity contribution in [3.63, 3.8) is 0 Å². The van der Waals surface area contributed by atoms with Gasteiger partial charge in [-0.05, 0) is 29.8 Å². The maximum Gasteiger partial charge on any atom is 0.193 e. The molecule has 0 atom stereocenters. The lowest BCUT2D eigenvalue weighted by Gasteiger charge is -2.23. The van der Waals surface area contributed by atoms with Crippen molar-refractivity contribution in [1.82, 2.24) is 0 Å². The number of hydrogen-bond acceptors (Lipinski definition) is 2. The number of ether oxygens (including phenoxy) is 1. The molecule has 2 aromatic carbocycles. The Kier molecular flexibility index (Phi) is 7.47. The van der Waals surface area contributed by atoms with Crippen molar-refractivity contribution < 1.29 is 9.13 Å². The van der Waals surface area contributed by atoms with Gasteiger partial charge in [0.15, 0.2) is 5.96 Å². The highest BCUT2D eigenvalue weighted by Crippen LogP contribution is 2.25. The number of benzene rings is 2. The molecule has 0 saturated carbocycles. The van der Waals surface area contributed by atoms with Crippen LogP contribution >= 0.6 is 24.0 Å². The molecular formula is C18H23FIN3O. The van der Waals surface area contributed by atoms with E-state index in [1.54, 1.807) is 13.2 Å². The average molecular weight is 443 g/mol. The van der Waals surface area contributed by atoms with E-state index in [0.29, 0.717) is 18.3 Å². The van der Waals surface area contributed by atoms with Crippen molar-refractivity contribution in [2.24, 2.45) is 10.7 Å². The van der Waals surface area contributed by atoms with Gasteiger partial charge >= 0.3 is 0 Å².